The molecule has 17 heavy (non-hydrogen) atoms. The van der Waals surface area contributed by atoms with Crippen molar-refractivity contribution in [2.45, 2.75) is 51.5 Å². The number of nitrogens with one attached hydrogen (secondary N) is 2. The van der Waals surface area contributed by atoms with Gasteiger partial charge in [-0.1, -0.05) is 26.2 Å². The van der Waals surface area contributed by atoms with Crippen LogP contribution >= 0.6 is 0 Å². The highest BCUT2D eigenvalue weighted by molar-refractivity contribution is 5.39. The first-order valence-electron chi connectivity index (χ1n) is 6.61. The van der Waals surface area contributed by atoms with Crippen molar-refractivity contribution in [3.63, 3.8) is 0 Å². The molecule has 4 nitrogen and oxygen atoms in total. The number of hydrogen-bond donors (Lipinski definition) is 2. The smallest absolute Gasteiger partial charge is 0.266 e. The predicted octanol–water partition coefficient (Wildman–Crippen LogP) is 2.54. The van der Waals surface area contributed by atoms with Crippen LogP contribution in [-0.4, -0.2) is 16.2 Å². The van der Waals surface area contributed by atoms with Crippen LogP contribution in [0.1, 0.15) is 45.4 Å². The first-order valence-corrected chi connectivity index (χ1v) is 6.61. The highest BCUT2D eigenvalue weighted by atomic mass is 16.1. The third kappa shape index (κ3) is 3.32. The Morgan fingerprint density at radius 2 is 2.24 bits per heavy atom. The normalized spacial score (nSPS) is 18.9. The summed E-state index contributed by atoms with van der Waals surface area (Å²) in [5, 5.41) is 9.67. The zero-order chi connectivity index (χ0) is 12.1. The summed E-state index contributed by atoms with van der Waals surface area (Å²) in [5.41, 5.74) is 0.694. The van der Waals surface area contributed by atoms with Crippen molar-refractivity contribution in [2.75, 3.05) is 5.32 Å². The molecule has 1 aromatic rings. The van der Waals surface area contributed by atoms with Crippen molar-refractivity contribution >= 4 is 5.69 Å². The van der Waals surface area contributed by atoms with Crippen LogP contribution in [-0.2, 0) is 0 Å². The van der Waals surface area contributed by atoms with Gasteiger partial charge in [-0.3, -0.25) is 4.79 Å². The fourth-order valence-electron chi connectivity index (χ4n) is 2.76. The third-order valence-electron chi connectivity index (χ3n) is 3.68. The number of aromatic nitrogens is 2. The van der Waals surface area contributed by atoms with E-state index in [0.29, 0.717) is 6.04 Å². The second-order valence-electron chi connectivity index (χ2n) is 4.89. The molecule has 1 aliphatic rings. The molecule has 94 valence electrons. The Morgan fingerprint density at radius 1 is 1.47 bits per heavy atom. The van der Waals surface area contributed by atoms with Gasteiger partial charge in [-0.2, -0.15) is 5.10 Å². The largest absolute Gasteiger partial charge is 0.381 e. The maximum Gasteiger partial charge on any atom is 0.266 e. The van der Waals surface area contributed by atoms with E-state index in [0.717, 1.165) is 18.0 Å². The number of nitrogens with zero attached hydrogens (tertiary/aromatic N) is 1. The molecule has 4 heteroatoms. The van der Waals surface area contributed by atoms with E-state index in [-0.39, 0.29) is 5.56 Å². The lowest BCUT2D eigenvalue weighted by molar-refractivity contribution is 0.313. The first-order chi connectivity index (χ1) is 8.29. The molecule has 0 amide bonds. The van der Waals surface area contributed by atoms with Crippen LogP contribution in [0.25, 0.3) is 0 Å². The van der Waals surface area contributed by atoms with E-state index in [1.165, 1.54) is 32.1 Å². The lowest BCUT2D eigenvalue weighted by Crippen LogP contribution is -2.30. The second kappa shape index (κ2) is 5.84. The first kappa shape index (κ1) is 12.1. The topological polar surface area (TPSA) is 57.8 Å². The van der Waals surface area contributed by atoms with Crippen molar-refractivity contribution < 1.29 is 0 Å². The van der Waals surface area contributed by atoms with E-state index in [4.69, 9.17) is 0 Å². The standard InChI is InChI=1S/C13H21N3O/c1-2-12(10-6-4-3-5-7-10)15-11-8-13(17)16-14-9-11/h8-10,12H,2-7H2,1H3,(H2,15,16,17). The van der Waals surface area contributed by atoms with Crippen LogP contribution < -0.4 is 10.9 Å². The van der Waals surface area contributed by atoms with Crippen LogP contribution in [0.4, 0.5) is 5.69 Å². The molecule has 0 radical (unpaired) electrons. The molecule has 1 fully saturated rings. The van der Waals surface area contributed by atoms with Crippen LogP contribution in [0.3, 0.4) is 0 Å². The second-order valence-corrected chi connectivity index (χ2v) is 4.89. The van der Waals surface area contributed by atoms with Gasteiger partial charge in [-0.25, -0.2) is 5.10 Å². The quantitative estimate of drug-likeness (QED) is 0.843. The summed E-state index contributed by atoms with van der Waals surface area (Å²) in [6.45, 7) is 2.20. The molecule has 1 unspecified atom stereocenters. The van der Waals surface area contributed by atoms with E-state index in [1.54, 1.807) is 12.3 Å². The Kier molecular flexibility index (Phi) is 4.18. The molecule has 1 atom stereocenters. The van der Waals surface area contributed by atoms with E-state index in [2.05, 4.69) is 22.4 Å². The number of rotatable bonds is 4. The fraction of sp³-hybridized carbons (Fsp3) is 0.692. The van der Waals surface area contributed by atoms with Gasteiger partial charge in [0.25, 0.3) is 5.56 Å². The minimum atomic E-state index is -0.145. The molecule has 2 rings (SSSR count). The zero-order valence-corrected chi connectivity index (χ0v) is 10.4. The molecule has 0 spiro atoms. The van der Waals surface area contributed by atoms with Gasteiger partial charge in [0, 0.05) is 12.1 Å². The number of anilines is 1. The van der Waals surface area contributed by atoms with Gasteiger partial charge in [0.05, 0.1) is 11.9 Å². The number of aromatic amines is 1. The van der Waals surface area contributed by atoms with Gasteiger partial charge in [0.15, 0.2) is 0 Å². The Morgan fingerprint density at radius 3 is 2.88 bits per heavy atom. The number of H-pyrrole nitrogens is 1. The average molecular weight is 235 g/mol. The lowest BCUT2D eigenvalue weighted by Gasteiger charge is -2.30. The monoisotopic (exact) mass is 235 g/mol. The van der Waals surface area contributed by atoms with Crippen molar-refractivity contribution in [3.05, 3.63) is 22.6 Å². The molecular weight excluding hydrogens is 214 g/mol. The average Bonchev–Trinajstić information content (AvgIpc) is 2.37. The molecular formula is C13H21N3O. The maximum atomic E-state index is 11.2. The molecule has 1 heterocycles. The van der Waals surface area contributed by atoms with E-state index in [1.807, 2.05) is 0 Å². The van der Waals surface area contributed by atoms with E-state index in [9.17, 15) is 4.79 Å². The Labute approximate surface area is 102 Å². The maximum absolute atomic E-state index is 11.2. The Bertz CT molecular complexity index is 396. The number of hydrogen-bond acceptors (Lipinski definition) is 3. The van der Waals surface area contributed by atoms with Crippen molar-refractivity contribution in [1.82, 2.24) is 10.2 Å². The molecule has 0 aromatic carbocycles. The molecule has 2 N–H and O–H groups in total. The third-order valence-corrected chi connectivity index (χ3v) is 3.68. The van der Waals surface area contributed by atoms with Crippen LogP contribution in [0.2, 0.25) is 0 Å². The molecule has 1 saturated carbocycles. The Hall–Kier alpha value is -1.32. The van der Waals surface area contributed by atoms with Crippen molar-refractivity contribution in [1.29, 1.82) is 0 Å². The summed E-state index contributed by atoms with van der Waals surface area (Å²) in [6.07, 6.45) is 9.46. The minimum absolute atomic E-state index is 0.145. The predicted molar refractivity (Wildman–Crippen MR) is 69.1 cm³/mol. The Balaban J connectivity index is 2.01. The summed E-state index contributed by atoms with van der Waals surface area (Å²) >= 11 is 0. The van der Waals surface area contributed by atoms with Gasteiger partial charge in [-0.15, -0.1) is 0 Å². The summed E-state index contributed by atoms with van der Waals surface area (Å²) in [5.74, 6) is 0.744. The summed E-state index contributed by atoms with van der Waals surface area (Å²) in [7, 11) is 0. The highest BCUT2D eigenvalue weighted by Crippen LogP contribution is 2.29. The van der Waals surface area contributed by atoms with Gasteiger partial charge in [0.2, 0.25) is 0 Å². The molecule has 1 aromatic heterocycles. The zero-order valence-electron chi connectivity index (χ0n) is 10.4. The van der Waals surface area contributed by atoms with Crippen molar-refractivity contribution in [2.24, 2.45) is 5.92 Å². The molecule has 0 aliphatic heterocycles. The van der Waals surface area contributed by atoms with Crippen LogP contribution in [0.5, 0.6) is 0 Å². The van der Waals surface area contributed by atoms with Gasteiger partial charge in [0.1, 0.15) is 0 Å². The lowest BCUT2D eigenvalue weighted by atomic mass is 9.83. The van der Waals surface area contributed by atoms with E-state index < -0.39 is 0 Å². The fourth-order valence-corrected chi connectivity index (χ4v) is 2.76. The van der Waals surface area contributed by atoms with Gasteiger partial charge < -0.3 is 5.32 Å². The minimum Gasteiger partial charge on any atom is -0.381 e. The highest BCUT2D eigenvalue weighted by Gasteiger charge is 2.22. The van der Waals surface area contributed by atoms with Gasteiger partial charge >= 0.3 is 0 Å². The van der Waals surface area contributed by atoms with Crippen LogP contribution in [0, 0.1) is 5.92 Å². The molecule has 1 aliphatic carbocycles. The van der Waals surface area contributed by atoms with Crippen molar-refractivity contribution in [3.8, 4) is 0 Å². The molecule has 0 bridgehead atoms. The molecule has 0 saturated heterocycles. The van der Waals surface area contributed by atoms with Crippen LogP contribution in [0.15, 0.2) is 17.1 Å². The van der Waals surface area contributed by atoms with E-state index >= 15 is 0 Å². The SMILES string of the molecule is CCC(Nc1cn[nH]c(=O)c1)C1CCCCC1. The summed E-state index contributed by atoms with van der Waals surface area (Å²) < 4.78 is 0. The van der Waals surface area contributed by atoms with Gasteiger partial charge in [-0.05, 0) is 25.2 Å². The summed E-state index contributed by atoms with van der Waals surface area (Å²) in [4.78, 5) is 11.2. The summed E-state index contributed by atoms with van der Waals surface area (Å²) in [6, 6.07) is 2.05.